The van der Waals surface area contributed by atoms with Crippen LogP contribution in [0.5, 0.6) is 5.75 Å². The molecule has 0 saturated carbocycles. The van der Waals surface area contributed by atoms with Gasteiger partial charge in [-0.3, -0.25) is 4.79 Å². The van der Waals surface area contributed by atoms with Gasteiger partial charge in [0.25, 0.3) is 5.91 Å². The van der Waals surface area contributed by atoms with Crippen LogP contribution in [-0.4, -0.2) is 44.1 Å². The maximum atomic E-state index is 12.6. The third-order valence-corrected chi connectivity index (χ3v) is 9.22. The molecule has 1 N–H and O–H groups in total. The first-order valence-electron chi connectivity index (χ1n) is 19.4. The minimum Gasteiger partial charge on any atom is -0.497 e. The van der Waals surface area contributed by atoms with Gasteiger partial charge in [0.1, 0.15) is 5.75 Å². The molecule has 0 atom stereocenters. The van der Waals surface area contributed by atoms with Crippen molar-refractivity contribution in [2.45, 2.75) is 181 Å². The topological polar surface area (TPSA) is 41.6 Å². The number of rotatable bonds is 33. The Morgan fingerprint density at radius 1 is 0.523 bits per heavy atom. The molecule has 0 bridgehead atoms. The summed E-state index contributed by atoms with van der Waals surface area (Å²) >= 11 is 0. The van der Waals surface area contributed by atoms with Gasteiger partial charge in [-0.05, 0) is 50.2 Å². The zero-order chi connectivity index (χ0) is 31.8. The van der Waals surface area contributed by atoms with Crippen LogP contribution in [0, 0.1) is 0 Å². The summed E-state index contributed by atoms with van der Waals surface area (Å²) in [7, 11) is 1.65. The normalized spacial score (nSPS) is 11.4. The number of methoxy groups -OCH3 is 1. The van der Waals surface area contributed by atoms with E-state index in [0.29, 0.717) is 12.1 Å². The fourth-order valence-corrected chi connectivity index (χ4v) is 6.21. The van der Waals surface area contributed by atoms with Crippen LogP contribution in [0.2, 0.25) is 0 Å². The summed E-state index contributed by atoms with van der Waals surface area (Å²) in [5, 5.41) is 3.14. The number of nitrogens with zero attached hydrogens (tertiary/aromatic N) is 1. The average Bonchev–Trinajstić information content (AvgIpc) is 3.05. The number of hydrogen-bond acceptors (Lipinski definition) is 3. The van der Waals surface area contributed by atoms with E-state index in [1.807, 2.05) is 24.3 Å². The fourth-order valence-electron chi connectivity index (χ4n) is 6.21. The van der Waals surface area contributed by atoms with Gasteiger partial charge >= 0.3 is 0 Å². The average molecular weight is 615 g/mol. The lowest BCUT2D eigenvalue weighted by Gasteiger charge is -2.22. The van der Waals surface area contributed by atoms with Crippen LogP contribution in [0.4, 0.5) is 0 Å². The first kappa shape index (κ1) is 40.5. The molecule has 4 nitrogen and oxygen atoms in total. The summed E-state index contributed by atoms with van der Waals surface area (Å²) in [6.45, 7) is 8.56. The van der Waals surface area contributed by atoms with Crippen molar-refractivity contribution in [3.8, 4) is 5.75 Å². The van der Waals surface area contributed by atoms with E-state index in [1.54, 1.807) is 7.11 Å². The lowest BCUT2D eigenvalue weighted by atomic mass is 10.0. The summed E-state index contributed by atoms with van der Waals surface area (Å²) in [4.78, 5) is 15.2. The van der Waals surface area contributed by atoms with E-state index < -0.39 is 0 Å². The number of unbranched alkanes of at least 4 members (excludes halogenated alkanes) is 24. The molecule has 0 aromatic heterocycles. The van der Waals surface area contributed by atoms with Crippen LogP contribution in [0.15, 0.2) is 24.3 Å². The Labute approximate surface area is 274 Å². The first-order valence-corrected chi connectivity index (χ1v) is 19.4. The molecule has 44 heavy (non-hydrogen) atoms. The second kappa shape index (κ2) is 31.4. The lowest BCUT2D eigenvalue weighted by Crippen LogP contribution is -2.36. The van der Waals surface area contributed by atoms with Crippen molar-refractivity contribution in [2.24, 2.45) is 0 Å². The Kier molecular flexibility index (Phi) is 28.9. The zero-order valence-corrected chi connectivity index (χ0v) is 29.8. The number of benzene rings is 1. The van der Waals surface area contributed by atoms with Crippen LogP contribution >= 0.6 is 0 Å². The standard InChI is InChI=1S/C40H74N2O2/c1-4-6-8-10-12-14-16-18-20-22-24-26-28-35-42(37-34-41-40(43)38-30-32-39(44-3)33-31-38)36-29-27-25-23-21-19-17-15-13-11-9-7-5-2/h30-33H,4-29,34-37H2,1-3H3,(H,41,43). The van der Waals surface area contributed by atoms with Gasteiger partial charge in [0.15, 0.2) is 0 Å². The second-order valence-electron chi connectivity index (χ2n) is 13.3. The Bertz CT molecular complexity index is 705. The van der Waals surface area contributed by atoms with Crippen molar-refractivity contribution in [1.82, 2.24) is 10.2 Å². The largest absolute Gasteiger partial charge is 0.497 e. The Balaban J connectivity index is 2.21. The van der Waals surface area contributed by atoms with Crippen LogP contribution in [0.25, 0.3) is 0 Å². The van der Waals surface area contributed by atoms with E-state index in [9.17, 15) is 4.79 Å². The molecule has 1 amide bonds. The van der Waals surface area contributed by atoms with Gasteiger partial charge in [-0.25, -0.2) is 0 Å². The summed E-state index contributed by atoms with van der Waals surface area (Å²) in [5.74, 6) is 0.790. The SMILES string of the molecule is CCCCCCCCCCCCCCCN(CCCCCCCCCCCCCCC)CCNC(=O)c1ccc(OC)cc1. The summed E-state index contributed by atoms with van der Waals surface area (Å²) in [6, 6.07) is 7.38. The van der Waals surface area contributed by atoms with Crippen molar-refractivity contribution >= 4 is 5.91 Å². The number of carbonyl (C=O) groups is 1. The van der Waals surface area contributed by atoms with Crippen LogP contribution in [0.3, 0.4) is 0 Å². The van der Waals surface area contributed by atoms with E-state index in [0.717, 1.165) is 25.4 Å². The molecule has 0 saturated heterocycles. The quantitative estimate of drug-likeness (QED) is 0.0801. The number of ether oxygens (including phenoxy) is 1. The minimum atomic E-state index is 0.00882. The molecule has 0 spiro atoms. The molecule has 1 rings (SSSR count). The maximum Gasteiger partial charge on any atom is 0.251 e. The van der Waals surface area contributed by atoms with E-state index >= 15 is 0 Å². The molecular weight excluding hydrogens is 540 g/mol. The van der Waals surface area contributed by atoms with Gasteiger partial charge in [0.05, 0.1) is 7.11 Å². The van der Waals surface area contributed by atoms with Crippen molar-refractivity contribution in [3.05, 3.63) is 29.8 Å². The Morgan fingerprint density at radius 3 is 1.20 bits per heavy atom. The van der Waals surface area contributed by atoms with E-state index in [4.69, 9.17) is 4.74 Å². The highest BCUT2D eigenvalue weighted by atomic mass is 16.5. The third-order valence-electron chi connectivity index (χ3n) is 9.22. The van der Waals surface area contributed by atoms with Gasteiger partial charge in [0, 0.05) is 18.7 Å². The van der Waals surface area contributed by atoms with E-state index in [1.165, 1.54) is 167 Å². The predicted molar refractivity (Wildman–Crippen MR) is 193 cm³/mol. The van der Waals surface area contributed by atoms with E-state index in [-0.39, 0.29) is 5.91 Å². The van der Waals surface area contributed by atoms with Gasteiger partial charge in [-0.15, -0.1) is 0 Å². The molecular formula is C40H74N2O2. The Hall–Kier alpha value is -1.55. The van der Waals surface area contributed by atoms with Crippen molar-refractivity contribution < 1.29 is 9.53 Å². The molecule has 0 aliphatic heterocycles. The molecule has 0 radical (unpaired) electrons. The summed E-state index contributed by atoms with van der Waals surface area (Å²) in [6.07, 6.45) is 36.3. The minimum absolute atomic E-state index is 0.00882. The van der Waals surface area contributed by atoms with Crippen LogP contribution in [-0.2, 0) is 0 Å². The highest BCUT2D eigenvalue weighted by molar-refractivity contribution is 5.94. The predicted octanol–water partition coefficient (Wildman–Crippen LogP) is 11.9. The zero-order valence-electron chi connectivity index (χ0n) is 29.8. The van der Waals surface area contributed by atoms with Gasteiger partial charge in [0.2, 0.25) is 0 Å². The van der Waals surface area contributed by atoms with Crippen LogP contribution in [0.1, 0.15) is 191 Å². The molecule has 256 valence electrons. The maximum absolute atomic E-state index is 12.6. The summed E-state index contributed by atoms with van der Waals surface area (Å²) < 4.78 is 5.22. The molecule has 1 aromatic rings. The van der Waals surface area contributed by atoms with Crippen molar-refractivity contribution in [2.75, 3.05) is 33.3 Å². The van der Waals surface area contributed by atoms with E-state index in [2.05, 4.69) is 24.1 Å². The highest BCUT2D eigenvalue weighted by Gasteiger charge is 2.08. The van der Waals surface area contributed by atoms with Gasteiger partial charge in [-0.1, -0.05) is 168 Å². The molecule has 0 unspecified atom stereocenters. The highest BCUT2D eigenvalue weighted by Crippen LogP contribution is 2.15. The lowest BCUT2D eigenvalue weighted by molar-refractivity contribution is 0.0948. The van der Waals surface area contributed by atoms with Gasteiger partial charge < -0.3 is 15.0 Å². The smallest absolute Gasteiger partial charge is 0.251 e. The third kappa shape index (κ3) is 24.7. The monoisotopic (exact) mass is 615 g/mol. The molecule has 0 fully saturated rings. The molecule has 4 heteroatoms. The summed E-state index contributed by atoms with van der Waals surface area (Å²) in [5.41, 5.74) is 0.699. The first-order chi connectivity index (χ1) is 21.7. The molecule has 0 aliphatic carbocycles. The van der Waals surface area contributed by atoms with Crippen molar-refractivity contribution in [3.63, 3.8) is 0 Å². The number of carbonyl (C=O) groups excluding carboxylic acids is 1. The van der Waals surface area contributed by atoms with Crippen molar-refractivity contribution in [1.29, 1.82) is 0 Å². The second-order valence-corrected chi connectivity index (χ2v) is 13.3. The van der Waals surface area contributed by atoms with Gasteiger partial charge in [-0.2, -0.15) is 0 Å². The molecule has 1 aromatic carbocycles. The molecule has 0 heterocycles. The van der Waals surface area contributed by atoms with Crippen LogP contribution < -0.4 is 10.1 Å². The Morgan fingerprint density at radius 2 is 0.864 bits per heavy atom. The number of nitrogens with one attached hydrogen (secondary N) is 1. The number of hydrogen-bond donors (Lipinski definition) is 1. The molecule has 0 aliphatic rings. The fraction of sp³-hybridized carbons (Fsp3) is 0.825. The number of amides is 1.